The van der Waals surface area contributed by atoms with Crippen molar-refractivity contribution in [2.24, 2.45) is 0 Å². The Labute approximate surface area is 225 Å². The number of hydrogen-bond acceptors (Lipinski definition) is 1. The first kappa shape index (κ1) is 23.7. The minimum Gasteiger partial charge on any atom is -0.372 e. The van der Waals surface area contributed by atoms with Crippen LogP contribution in [0.25, 0.3) is 32.3 Å². The lowest BCUT2D eigenvalue weighted by Gasteiger charge is -2.25. The van der Waals surface area contributed by atoms with Crippen molar-refractivity contribution in [1.82, 2.24) is 0 Å². The molecule has 0 amide bonds. The average molecular weight is 488 g/mol. The second-order valence-electron chi connectivity index (χ2n) is 9.66. The zero-order valence-corrected chi connectivity index (χ0v) is 22.1. The minimum absolute atomic E-state index is 0.943. The van der Waals surface area contributed by atoms with E-state index < -0.39 is 0 Å². The molecule has 0 aromatic heterocycles. The van der Waals surface area contributed by atoms with Gasteiger partial charge in [0.1, 0.15) is 0 Å². The highest BCUT2D eigenvalue weighted by Crippen LogP contribution is 2.42. The summed E-state index contributed by atoms with van der Waals surface area (Å²) < 4.78 is 0. The summed E-state index contributed by atoms with van der Waals surface area (Å²) in [7, 11) is 0. The van der Waals surface area contributed by atoms with Crippen molar-refractivity contribution in [2.45, 2.75) is 20.8 Å². The van der Waals surface area contributed by atoms with Gasteiger partial charge in [-0.2, -0.15) is 0 Å². The normalized spacial score (nSPS) is 10.8. The second kappa shape index (κ2) is 9.97. The molecular weight excluding hydrogens is 458 g/mol. The van der Waals surface area contributed by atoms with Crippen LogP contribution in [0.2, 0.25) is 0 Å². The number of hydrogen-bond donors (Lipinski definition) is 0. The molecule has 0 aliphatic rings. The molecular formula is C37H29N. The van der Waals surface area contributed by atoms with Gasteiger partial charge in [0, 0.05) is 51.8 Å². The van der Waals surface area contributed by atoms with E-state index in [1.54, 1.807) is 0 Å². The van der Waals surface area contributed by atoms with Gasteiger partial charge >= 0.3 is 0 Å². The fourth-order valence-corrected chi connectivity index (χ4v) is 5.51. The Kier molecular flexibility index (Phi) is 6.21. The summed E-state index contributed by atoms with van der Waals surface area (Å²) in [6.07, 6.45) is 0. The Bertz CT molecular complexity index is 1890. The largest absolute Gasteiger partial charge is 0.372 e. The molecule has 1 nitrogen and oxygen atoms in total. The fourth-order valence-electron chi connectivity index (χ4n) is 5.51. The van der Waals surface area contributed by atoms with Crippen molar-refractivity contribution in [3.05, 3.63) is 125 Å². The molecule has 182 valence electrons. The summed E-state index contributed by atoms with van der Waals surface area (Å²) in [6, 6.07) is 34.0. The van der Waals surface area contributed by atoms with E-state index in [0.29, 0.717) is 0 Å². The highest BCUT2D eigenvalue weighted by molar-refractivity contribution is 6.27. The number of anilines is 1. The van der Waals surface area contributed by atoms with Gasteiger partial charge in [0.2, 0.25) is 0 Å². The fraction of sp³-hybridized carbons (Fsp3) is 0.135. The molecule has 0 unspecified atom stereocenters. The quantitative estimate of drug-likeness (QED) is 0.179. The first-order valence-corrected chi connectivity index (χ1v) is 13.3. The summed E-state index contributed by atoms with van der Waals surface area (Å²) in [5.41, 5.74) is 6.67. The zero-order valence-electron chi connectivity index (χ0n) is 22.1. The molecule has 0 saturated carbocycles. The van der Waals surface area contributed by atoms with E-state index in [-0.39, 0.29) is 0 Å². The van der Waals surface area contributed by atoms with Gasteiger partial charge in [0.05, 0.1) is 0 Å². The van der Waals surface area contributed by atoms with Crippen molar-refractivity contribution in [3.8, 4) is 23.7 Å². The molecule has 38 heavy (non-hydrogen) atoms. The SMILES string of the molecule is CCN(CC)c1cc(C#Cc2ccccc2)c2ccc3c(C)cc(C#Cc4ccccc4)c4ccc1c2c34. The topological polar surface area (TPSA) is 3.24 Å². The first-order valence-electron chi connectivity index (χ1n) is 13.3. The summed E-state index contributed by atoms with van der Waals surface area (Å²) >= 11 is 0. The standard InChI is InChI=1S/C37H29N/c1-4-38(5-2)35-25-30(19-17-28-14-10-7-11-15-28)33-21-20-31-26(3)24-29(18-16-27-12-8-6-9-13-27)32-22-23-34(35)37(33)36(31)32/h6-15,20-25H,4-5H2,1-3H3. The molecule has 1 heteroatoms. The Hall–Kier alpha value is -4.72. The van der Waals surface area contributed by atoms with Crippen LogP contribution in [0.4, 0.5) is 5.69 Å². The number of nitrogens with zero attached hydrogens (tertiary/aromatic N) is 1. The highest BCUT2D eigenvalue weighted by Gasteiger charge is 2.18. The van der Waals surface area contributed by atoms with Crippen molar-refractivity contribution in [1.29, 1.82) is 0 Å². The third-order valence-electron chi connectivity index (χ3n) is 7.42. The molecule has 0 radical (unpaired) electrons. The van der Waals surface area contributed by atoms with Gasteiger partial charge in [0.15, 0.2) is 0 Å². The third kappa shape index (κ3) is 4.14. The maximum atomic E-state index is 3.53. The summed E-state index contributed by atoms with van der Waals surface area (Å²) in [6.45, 7) is 8.52. The molecule has 6 rings (SSSR count). The van der Waals surface area contributed by atoms with E-state index >= 15 is 0 Å². The van der Waals surface area contributed by atoms with Crippen LogP contribution in [-0.2, 0) is 0 Å². The number of benzene rings is 6. The van der Waals surface area contributed by atoms with Crippen LogP contribution < -0.4 is 4.90 Å². The second-order valence-corrected chi connectivity index (χ2v) is 9.66. The lowest BCUT2D eigenvalue weighted by atomic mass is 9.87. The van der Waals surface area contributed by atoms with Gasteiger partial charge < -0.3 is 4.90 Å². The number of rotatable bonds is 3. The van der Waals surface area contributed by atoms with Crippen LogP contribution in [-0.4, -0.2) is 13.1 Å². The maximum Gasteiger partial charge on any atom is 0.0458 e. The molecule has 0 heterocycles. The van der Waals surface area contributed by atoms with Crippen LogP contribution in [0.15, 0.2) is 97.1 Å². The van der Waals surface area contributed by atoms with Gasteiger partial charge in [-0.1, -0.05) is 84.3 Å². The van der Waals surface area contributed by atoms with Crippen LogP contribution in [0.3, 0.4) is 0 Å². The average Bonchev–Trinajstić information content (AvgIpc) is 2.97. The lowest BCUT2D eigenvalue weighted by molar-refractivity contribution is 0.870. The van der Waals surface area contributed by atoms with E-state index in [9.17, 15) is 0 Å². The van der Waals surface area contributed by atoms with E-state index in [1.807, 2.05) is 36.4 Å². The maximum absolute atomic E-state index is 3.53. The van der Waals surface area contributed by atoms with Gasteiger partial charge in [-0.15, -0.1) is 0 Å². The Balaban J connectivity index is 1.68. The van der Waals surface area contributed by atoms with E-state index in [0.717, 1.165) is 35.3 Å². The molecule has 0 fully saturated rings. The summed E-state index contributed by atoms with van der Waals surface area (Å²) in [4.78, 5) is 2.43. The first-order chi connectivity index (χ1) is 18.7. The molecule has 6 aromatic rings. The van der Waals surface area contributed by atoms with E-state index in [2.05, 4.69) is 110 Å². The van der Waals surface area contributed by atoms with Crippen LogP contribution in [0, 0.1) is 30.6 Å². The molecule has 0 aliphatic carbocycles. The highest BCUT2D eigenvalue weighted by atomic mass is 15.1. The summed E-state index contributed by atoms with van der Waals surface area (Å²) in [5, 5.41) is 7.53. The van der Waals surface area contributed by atoms with Crippen LogP contribution >= 0.6 is 0 Å². The number of aryl methyl sites for hydroxylation is 1. The third-order valence-corrected chi connectivity index (χ3v) is 7.42. The molecule has 0 spiro atoms. The van der Waals surface area contributed by atoms with Gasteiger partial charge in [-0.3, -0.25) is 0 Å². The van der Waals surface area contributed by atoms with Gasteiger partial charge in [-0.05, 0) is 84.3 Å². The predicted octanol–water partition coefficient (Wildman–Crippen LogP) is 8.54. The Morgan fingerprint density at radius 2 is 1.00 bits per heavy atom. The molecule has 0 saturated heterocycles. The van der Waals surface area contributed by atoms with Crippen LogP contribution in [0.1, 0.15) is 41.7 Å². The molecule has 0 atom stereocenters. The van der Waals surface area contributed by atoms with Crippen molar-refractivity contribution >= 4 is 38.0 Å². The molecule has 6 aromatic carbocycles. The Morgan fingerprint density at radius 1 is 0.526 bits per heavy atom. The van der Waals surface area contributed by atoms with E-state index in [4.69, 9.17) is 0 Å². The van der Waals surface area contributed by atoms with E-state index in [1.165, 1.54) is 43.6 Å². The van der Waals surface area contributed by atoms with Gasteiger partial charge in [-0.25, -0.2) is 0 Å². The lowest BCUT2D eigenvalue weighted by Crippen LogP contribution is -2.22. The van der Waals surface area contributed by atoms with Crippen molar-refractivity contribution < 1.29 is 0 Å². The smallest absolute Gasteiger partial charge is 0.0458 e. The van der Waals surface area contributed by atoms with Crippen molar-refractivity contribution in [2.75, 3.05) is 18.0 Å². The van der Waals surface area contributed by atoms with Crippen molar-refractivity contribution in [3.63, 3.8) is 0 Å². The molecule has 0 aliphatic heterocycles. The van der Waals surface area contributed by atoms with Crippen LogP contribution in [0.5, 0.6) is 0 Å². The Morgan fingerprint density at radius 3 is 1.55 bits per heavy atom. The minimum atomic E-state index is 0.943. The molecule has 0 N–H and O–H groups in total. The molecule has 0 bridgehead atoms. The monoisotopic (exact) mass is 487 g/mol. The zero-order chi connectivity index (χ0) is 26.1. The predicted molar refractivity (Wildman–Crippen MR) is 163 cm³/mol. The summed E-state index contributed by atoms with van der Waals surface area (Å²) in [5.74, 6) is 13.8. The van der Waals surface area contributed by atoms with Gasteiger partial charge in [0.25, 0.3) is 0 Å².